The quantitative estimate of drug-likeness (QED) is 0.754. The third-order valence-electron chi connectivity index (χ3n) is 7.17. The van der Waals surface area contributed by atoms with E-state index in [0.29, 0.717) is 17.6 Å². The molecule has 154 valence electrons. The minimum absolute atomic E-state index is 0.223. The molecule has 1 aromatic rings. The maximum atomic E-state index is 11.4. The van der Waals surface area contributed by atoms with E-state index in [1.165, 1.54) is 19.3 Å². The third kappa shape index (κ3) is 4.76. The van der Waals surface area contributed by atoms with Crippen molar-refractivity contribution in [3.8, 4) is 0 Å². The zero-order valence-electron chi connectivity index (χ0n) is 17.0. The molecule has 1 saturated carbocycles. The van der Waals surface area contributed by atoms with Gasteiger partial charge in [-0.3, -0.25) is 0 Å². The van der Waals surface area contributed by atoms with Crippen LogP contribution < -0.4 is 5.32 Å². The van der Waals surface area contributed by atoms with Gasteiger partial charge in [0.25, 0.3) is 0 Å². The second-order valence-electron chi connectivity index (χ2n) is 9.26. The Balaban J connectivity index is 1.44. The molecule has 1 aliphatic carbocycles. The van der Waals surface area contributed by atoms with Gasteiger partial charge in [-0.25, -0.2) is 4.79 Å². The number of nitrogens with one attached hydrogen (secondary N) is 1. The average molecular weight is 387 g/mol. The van der Waals surface area contributed by atoms with E-state index in [2.05, 4.69) is 23.2 Å². The fourth-order valence-corrected chi connectivity index (χ4v) is 5.03. The molecule has 3 aliphatic rings. The summed E-state index contributed by atoms with van der Waals surface area (Å²) in [5, 5.41) is 13.2. The standard InChI is InChI=1S/C23H34N2O3/c1-17-13-21(17)24-16-23(15-18-3-2-4-19(14-18)22(26)27)7-9-25(10-8-23)20-5-11-28-12-6-20/h2-4,14,17,20-21,24H,5-13,15-16H2,1H3,(H,26,27). The fourth-order valence-electron chi connectivity index (χ4n) is 5.03. The average Bonchev–Trinajstić information content (AvgIpc) is 3.43. The number of rotatable bonds is 7. The van der Waals surface area contributed by atoms with Crippen molar-refractivity contribution in [3.05, 3.63) is 35.4 Å². The van der Waals surface area contributed by atoms with Crippen LogP contribution in [0, 0.1) is 11.3 Å². The van der Waals surface area contributed by atoms with Crippen LogP contribution in [0.2, 0.25) is 0 Å². The largest absolute Gasteiger partial charge is 0.478 e. The van der Waals surface area contributed by atoms with Gasteiger partial charge in [-0.15, -0.1) is 0 Å². The Morgan fingerprint density at radius 3 is 2.64 bits per heavy atom. The summed E-state index contributed by atoms with van der Waals surface area (Å²) in [4.78, 5) is 14.0. The summed E-state index contributed by atoms with van der Waals surface area (Å²) in [5.74, 6) is -0.0371. The minimum Gasteiger partial charge on any atom is -0.478 e. The highest BCUT2D eigenvalue weighted by atomic mass is 16.5. The molecule has 4 rings (SSSR count). The summed E-state index contributed by atoms with van der Waals surface area (Å²) in [6.45, 7) is 7.44. The lowest BCUT2D eigenvalue weighted by Gasteiger charge is -2.46. The van der Waals surface area contributed by atoms with Crippen molar-refractivity contribution < 1.29 is 14.6 Å². The van der Waals surface area contributed by atoms with Crippen molar-refractivity contribution >= 4 is 5.97 Å². The maximum Gasteiger partial charge on any atom is 0.335 e. The summed E-state index contributed by atoms with van der Waals surface area (Å²) in [6, 6.07) is 8.90. The first-order valence-electron chi connectivity index (χ1n) is 10.9. The summed E-state index contributed by atoms with van der Waals surface area (Å²) in [5.41, 5.74) is 1.78. The van der Waals surface area contributed by atoms with Crippen LogP contribution in [0.25, 0.3) is 0 Å². The van der Waals surface area contributed by atoms with E-state index in [9.17, 15) is 9.90 Å². The number of carbonyl (C=O) groups is 1. The van der Waals surface area contributed by atoms with Crippen LogP contribution in [0.3, 0.4) is 0 Å². The monoisotopic (exact) mass is 386 g/mol. The van der Waals surface area contributed by atoms with E-state index in [1.54, 1.807) is 6.07 Å². The van der Waals surface area contributed by atoms with E-state index < -0.39 is 5.97 Å². The molecule has 5 nitrogen and oxygen atoms in total. The molecule has 2 atom stereocenters. The summed E-state index contributed by atoms with van der Waals surface area (Å²) >= 11 is 0. The van der Waals surface area contributed by atoms with Gasteiger partial charge >= 0.3 is 5.97 Å². The van der Waals surface area contributed by atoms with Crippen LogP contribution in [-0.2, 0) is 11.2 Å². The molecular weight excluding hydrogens is 352 g/mol. The van der Waals surface area contributed by atoms with Crippen LogP contribution in [0.15, 0.2) is 24.3 Å². The number of likely N-dealkylation sites (tertiary alicyclic amines) is 1. The first kappa shape index (κ1) is 19.9. The van der Waals surface area contributed by atoms with E-state index in [1.807, 2.05) is 12.1 Å². The minimum atomic E-state index is -0.838. The van der Waals surface area contributed by atoms with Crippen molar-refractivity contribution in [2.45, 2.75) is 57.5 Å². The zero-order chi connectivity index (χ0) is 19.6. The van der Waals surface area contributed by atoms with Gasteiger partial charge in [0.1, 0.15) is 0 Å². The van der Waals surface area contributed by atoms with Gasteiger partial charge in [-0.1, -0.05) is 19.1 Å². The molecule has 0 bridgehead atoms. The van der Waals surface area contributed by atoms with Crippen molar-refractivity contribution in [2.24, 2.45) is 11.3 Å². The Labute approximate surface area is 168 Å². The molecule has 2 heterocycles. The molecule has 3 fully saturated rings. The Kier molecular flexibility index (Phi) is 6.04. The number of aromatic carboxylic acids is 1. The molecule has 2 unspecified atom stereocenters. The molecule has 2 N–H and O–H groups in total. The summed E-state index contributed by atoms with van der Waals surface area (Å²) in [6.07, 6.45) is 6.92. The Bertz CT molecular complexity index is 678. The van der Waals surface area contributed by atoms with E-state index in [0.717, 1.165) is 63.6 Å². The molecule has 2 aliphatic heterocycles. The van der Waals surface area contributed by atoms with Gasteiger partial charge in [-0.2, -0.15) is 0 Å². The lowest BCUT2D eigenvalue weighted by Crippen LogP contribution is -2.50. The van der Waals surface area contributed by atoms with Crippen molar-refractivity contribution in [2.75, 3.05) is 32.8 Å². The van der Waals surface area contributed by atoms with Gasteiger partial charge in [0, 0.05) is 31.8 Å². The topological polar surface area (TPSA) is 61.8 Å². The van der Waals surface area contributed by atoms with Crippen LogP contribution in [0.4, 0.5) is 0 Å². The van der Waals surface area contributed by atoms with Gasteiger partial charge in [-0.05, 0) is 80.6 Å². The number of piperidine rings is 1. The molecule has 0 radical (unpaired) electrons. The van der Waals surface area contributed by atoms with Crippen LogP contribution in [0.1, 0.15) is 54.9 Å². The third-order valence-corrected chi connectivity index (χ3v) is 7.17. The number of carboxylic acid groups (broad SMARTS) is 1. The van der Waals surface area contributed by atoms with Crippen molar-refractivity contribution in [1.82, 2.24) is 10.2 Å². The number of nitrogens with zero attached hydrogens (tertiary/aromatic N) is 1. The first-order valence-corrected chi connectivity index (χ1v) is 10.9. The van der Waals surface area contributed by atoms with Crippen LogP contribution >= 0.6 is 0 Å². The first-order chi connectivity index (χ1) is 13.5. The van der Waals surface area contributed by atoms with E-state index >= 15 is 0 Å². The van der Waals surface area contributed by atoms with Crippen LogP contribution in [-0.4, -0.2) is 60.9 Å². The summed E-state index contributed by atoms with van der Waals surface area (Å²) in [7, 11) is 0. The molecular formula is C23H34N2O3. The van der Waals surface area contributed by atoms with E-state index in [4.69, 9.17) is 4.74 Å². The van der Waals surface area contributed by atoms with Crippen molar-refractivity contribution in [3.63, 3.8) is 0 Å². The predicted molar refractivity (Wildman–Crippen MR) is 110 cm³/mol. The fraction of sp³-hybridized carbons (Fsp3) is 0.696. The normalized spacial score (nSPS) is 28.2. The molecule has 0 amide bonds. The number of hydrogen-bond acceptors (Lipinski definition) is 4. The number of carboxylic acids is 1. The molecule has 1 aromatic carbocycles. The van der Waals surface area contributed by atoms with Gasteiger partial charge in [0.15, 0.2) is 0 Å². The SMILES string of the molecule is CC1CC1NCC1(Cc2cccc(C(=O)O)c2)CCN(C2CCOCC2)CC1. The Morgan fingerprint density at radius 1 is 1.29 bits per heavy atom. The second-order valence-corrected chi connectivity index (χ2v) is 9.26. The number of ether oxygens (including phenoxy) is 1. The molecule has 0 spiro atoms. The highest BCUT2D eigenvalue weighted by Gasteiger charge is 2.40. The molecule has 5 heteroatoms. The smallest absolute Gasteiger partial charge is 0.335 e. The highest BCUT2D eigenvalue weighted by molar-refractivity contribution is 5.87. The van der Waals surface area contributed by atoms with Gasteiger partial charge in [0.2, 0.25) is 0 Å². The maximum absolute atomic E-state index is 11.4. The number of hydrogen-bond donors (Lipinski definition) is 2. The Morgan fingerprint density at radius 2 is 2.00 bits per heavy atom. The van der Waals surface area contributed by atoms with Gasteiger partial charge < -0.3 is 20.1 Å². The zero-order valence-corrected chi connectivity index (χ0v) is 17.0. The molecule has 28 heavy (non-hydrogen) atoms. The predicted octanol–water partition coefficient (Wildman–Crippen LogP) is 3.19. The lowest BCUT2D eigenvalue weighted by molar-refractivity contribution is 0.00524. The molecule has 0 aromatic heterocycles. The lowest BCUT2D eigenvalue weighted by atomic mass is 9.73. The molecule has 2 saturated heterocycles. The second kappa shape index (κ2) is 8.52. The highest BCUT2D eigenvalue weighted by Crippen LogP contribution is 2.38. The van der Waals surface area contributed by atoms with Crippen LogP contribution in [0.5, 0.6) is 0 Å². The Hall–Kier alpha value is -1.43. The summed E-state index contributed by atoms with van der Waals surface area (Å²) < 4.78 is 5.54. The van der Waals surface area contributed by atoms with Crippen molar-refractivity contribution in [1.29, 1.82) is 0 Å². The van der Waals surface area contributed by atoms with Gasteiger partial charge in [0.05, 0.1) is 5.56 Å². The number of benzene rings is 1. The van der Waals surface area contributed by atoms with E-state index in [-0.39, 0.29) is 5.41 Å².